The van der Waals surface area contributed by atoms with Gasteiger partial charge >= 0.3 is 6.09 Å². The predicted octanol–water partition coefficient (Wildman–Crippen LogP) is 1.18. The molecule has 0 aromatic heterocycles. The summed E-state index contributed by atoms with van der Waals surface area (Å²) in [5.74, 6) is 0.0464. The number of hydrogen-bond donors (Lipinski definition) is 3. The highest BCUT2D eigenvalue weighted by Crippen LogP contribution is 2.06. The molecule has 25 heavy (non-hydrogen) atoms. The highest BCUT2D eigenvalue weighted by Gasteiger charge is 2.15. The number of carbonyl (C=O) groups excluding carboxylic acids is 2. The van der Waals surface area contributed by atoms with Crippen molar-refractivity contribution in [2.24, 2.45) is 5.73 Å². The molecule has 0 rings (SSSR count). The van der Waals surface area contributed by atoms with E-state index in [1.54, 1.807) is 0 Å². The minimum absolute atomic E-state index is 0.0464. The second kappa shape index (κ2) is 14.9. The van der Waals surface area contributed by atoms with Gasteiger partial charge in [0.2, 0.25) is 5.91 Å². The van der Waals surface area contributed by atoms with Gasteiger partial charge in [-0.15, -0.1) is 0 Å². The van der Waals surface area contributed by atoms with Crippen LogP contribution in [0.15, 0.2) is 0 Å². The molecule has 2 amide bonds. The Morgan fingerprint density at radius 2 is 1.48 bits per heavy atom. The van der Waals surface area contributed by atoms with Crippen LogP contribution >= 0.6 is 0 Å². The molecule has 0 aromatic rings. The topological polar surface area (TPSA) is 112 Å². The first-order valence-corrected chi connectivity index (χ1v) is 8.94. The fourth-order valence-corrected chi connectivity index (χ4v) is 1.82. The van der Waals surface area contributed by atoms with Gasteiger partial charge in [0.1, 0.15) is 5.60 Å². The molecule has 0 heterocycles. The highest BCUT2D eigenvalue weighted by molar-refractivity contribution is 5.75. The Kier molecular flexibility index (Phi) is 14.1. The molecular formula is C17H35N3O5. The van der Waals surface area contributed by atoms with Gasteiger partial charge in [-0.1, -0.05) is 6.42 Å². The summed E-state index contributed by atoms with van der Waals surface area (Å²) in [6.07, 6.45) is 2.90. The van der Waals surface area contributed by atoms with Crippen molar-refractivity contribution in [3.05, 3.63) is 0 Å². The third-order valence-corrected chi connectivity index (χ3v) is 2.96. The van der Waals surface area contributed by atoms with E-state index < -0.39 is 11.7 Å². The second-order valence-corrected chi connectivity index (χ2v) is 6.60. The summed E-state index contributed by atoms with van der Waals surface area (Å²) in [6, 6.07) is 0. The fraction of sp³-hybridized carbons (Fsp3) is 0.882. The molecule has 0 aromatic carbocycles. The zero-order chi connectivity index (χ0) is 19.0. The summed E-state index contributed by atoms with van der Waals surface area (Å²) >= 11 is 0. The number of rotatable bonds is 14. The molecule has 148 valence electrons. The van der Waals surface area contributed by atoms with Crippen LogP contribution in [0.5, 0.6) is 0 Å². The zero-order valence-electron chi connectivity index (χ0n) is 15.9. The van der Waals surface area contributed by atoms with E-state index >= 15 is 0 Å². The third kappa shape index (κ3) is 18.8. The lowest BCUT2D eigenvalue weighted by molar-refractivity contribution is -0.121. The Morgan fingerprint density at radius 1 is 0.880 bits per heavy atom. The molecule has 0 bridgehead atoms. The molecular weight excluding hydrogens is 326 g/mol. The van der Waals surface area contributed by atoms with Gasteiger partial charge in [0.05, 0.1) is 26.4 Å². The maximum Gasteiger partial charge on any atom is 0.407 e. The van der Waals surface area contributed by atoms with Crippen LogP contribution in [0.1, 0.15) is 46.5 Å². The van der Waals surface area contributed by atoms with Crippen LogP contribution in [-0.4, -0.2) is 63.7 Å². The fourth-order valence-electron chi connectivity index (χ4n) is 1.82. The Hall–Kier alpha value is -1.38. The summed E-state index contributed by atoms with van der Waals surface area (Å²) in [7, 11) is 0. The van der Waals surface area contributed by atoms with Crippen molar-refractivity contribution in [2.75, 3.05) is 46.1 Å². The van der Waals surface area contributed by atoms with Crippen molar-refractivity contribution >= 4 is 12.0 Å². The van der Waals surface area contributed by atoms with Gasteiger partial charge in [0.25, 0.3) is 0 Å². The maximum absolute atomic E-state index is 11.5. The van der Waals surface area contributed by atoms with E-state index in [-0.39, 0.29) is 5.91 Å². The normalized spacial score (nSPS) is 11.2. The first-order chi connectivity index (χ1) is 11.8. The van der Waals surface area contributed by atoms with E-state index in [0.717, 1.165) is 19.3 Å². The molecule has 0 atom stereocenters. The lowest BCUT2D eigenvalue weighted by Gasteiger charge is -2.19. The molecule has 4 N–H and O–H groups in total. The first-order valence-electron chi connectivity index (χ1n) is 8.94. The largest absolute Gasteiger partial charge is 0.444 e. The highest BCUT2D eigenvalue weighted by atomic mass is 16.6. The van der Waals surface area contributed by atoms with Gasteiger partial charge in [-0.25, -0.2) is 4.79 Å². The van der Waals surface area contributed by atoms with Crippen molar-refractivity contribution in [3.63, 3.8) is 0 Å². The Morgan fingerprint density at radius 3 is 2.04 bits per heavy atom. The van der Waals surface area contributed by atoms with Gasteiger partial charge in [-0.3, -0.25) is 4.79 Å². The molecule has 0 saturated heterocycles. The second-order valence-electron chi connectivity index (χ2n) is 6.60. The molecule has 0 fully saturated rings. The van der Waals surface area contributed by atoms with E-state index in [9.17, 15) is 9.59 Å². The van der Waals surface area contributed by atoms with Gasteiger partial charge in [0.15, 0.2) is 0 Å². The number of ether oxygens (including phenoxy) is 3. The van der Waals surface area contributed by atoms with Crippen molar-refractivity contribution in [3.8, 4) is 0 Å². The summed E-state index contributed by atoms with van der Waals surface area (Å²) in [6.45, 7) is 8.71. The maximum atomic E-state index is 11.5. The van der Waals surface area contributed by atoms with E-state index in [4.69, 9.17) is 19.9 Å². The summed E-state index contributed by atoms with van der Waals surface area (Å²) in [5.41, 5.74) is 4.89. The predicted molar refractivity (Wildman–Crippen MR) is 96.4 cm³/mol. The molecule has 0 saturated carbocycles. The third-order valence-electron chi connectivity index (χ3n) is 2.96. The van der Waals surface area contributed by atoms with Gasteiger partial charge in [-0.2, -0.15) is 0 Å². The monoisotopic (exact) mass is 361 g/mol. The Labute approximate surface area is 151 Å². The SMILES string of the molecule is CC(C)(C)OC(=O)NCCOCCOCCNC(=O)CCCCCN. The number of nitrogens with one attached hydrogen (secondary N) is 2. The van der Waals surface area contributed by atoms with Gasteiger partial charge < -0.3 is 30.6 Å². The van der Waals surface area contributed by atoms with Crippen molar-refractivity contribution < 1.29 is 23.8 Å². The zero-order valence-corrected chi connectivity index (χ0v) is 15.9. The van der Waals surface area contributed by atoms with Crippen LogP contribution < -0.4 is 16.4 Å². The molecule has 0 aliphatic rings. The molecule has 0 unspecified atom stereocenters. The number of hydrogen-bond acceptors (Lipinski definition) is 6. The number of alkyl carbamates (subject to hydrolysis) is 1. The van der Waals surface area contributed by atoms with Crippen LogP contribution in [0.25, 0.3) is 0 Å². The number of unbranched alkanes of at least 4 members (excludes halogenated alkanes) is 2. The minimum Gasteiger partial charge on any atom is -0.444 e. The number of carbonyl (C=O) groups is 2. The average molecular weight is 361 g/mol. The van der Waals surface area contributed by atoms with Crippen molar-refractivity contribution in [1.82, 2.24) is 10.6 Å². The van der Waals surface area contributed by atoms with E-state index in [1.807, 2.05) is 20.8 Å². The van der Waals surface area contributed by atoms with Crippen molar-refractivity contribution in [1.29, 1.82) is 0 Å². The van der Waals surface area contributed by atoms with Crippen LogP contribution in [0, 0.1) is 0 Å². The molecule has 0 aliphatic heterocycles. The van der Waals surface area contributed by atoms with E-state index in [2.05, 4.69) is 10.6 Å². The van der Waals surface area contributed by atoms with Crippen LogP contribution in [0.3, 0.4) is 0 Å². The Balaban J connectivity index is 3.28. The first kappa shape index (κ1) is 23.6. The quantitative estimate of drug-likeness (QED) is 0.401. The standard InChI is InChI=1S/C17H35N3O5/c1-17(2,3)25-16(22)20-10-12-24-14-13-23-11-9-19-15(21)7-5-4-6-8-18/h4-14,18H2,1-3H3,(H,19,21)(H,20,22). The Bertz CT molecular complexity index is 359. The number of amides is 2. The summed E-state index contributed by atoms with van der Waals surface area (Å²) < 4.78 is 15.8. The number of nitrogens with two attached hydrogens (primary N) is 1. The average Bonchev–Trinajstić information content (AvgIpc) is 2.51. The summed E-state index contributed by atoms with van der Waals surface area (Å²) in [4.78, 5) is 22.9. The summed E-state index contributed by atoms with van der Waals surface area (Å²) in [5, 5.41) is 5.41. The minimum atomic E-state index is -0.501. The van der Waals surface area contributed by atoms with E-state index in [0.29, 0.717) is 52.5 Å². The molecule has 8 heteroatoms. The van der Waals surface area contributed by atoms with Gasteiger partial charge in [-0.05, 0) is 40.2 Å². The molecule has 0 aliphatic carbocycles. The van der Waals surface area contributed by atoms with Crippen LogP contribution in [0.2, 0.25) is 0 Å². The molecule has 0 spiro atoms. The van der Waals surface area contributed by atoms with Crippen LogP contribution in [-0.2, 0) is 19.0 Å². The smallest absolute Gasteiger partial charge is 0.407 e. The van der Waals surface area contributed by atoms with Crippen LogP contribution in [0.4, 0.5) is 4.79 Å². The lowest BCUT2D eigenvalue weighted by atomic mass is 10.2. The van der Waals surface area contributed by atoms with Crippen molar-refractivity contribution in [2.45, 2.75) is 52.1 Å². The molecule has 8 nitrogen and oxygen atoms in total. The lowest BCUT2D eigenvalue weighted by Crippen LogP contribution is -2.34. The van der Waals surface area contributed by atoms with Gasteiger partial charge in [0, 0.05) is 19.5 Å². The molecule has 0 radical (unpaired) electrons. The van der Waals surface area contributed by atoms with E-state index in [1.165, 1.54) is 0 Å².